The Morgan fingerprint density at radius 1 is 0.667 bits per heavy atom. The number of nitrogen functional groups attached to an aromatic ring is 6. The fourth-order valence-corrected chi connectivity index (χ4v) is 5.42. The number of hydrogen-bond acceptors (Lipinski definition) is 11. The summed E-state index contributed by atoms with van der Waals surface area (Å²) in [5.74, 6) is 0. The first-order chi connectivity index (χ1) is 20.1. The third kappa shape index (κ3) is 10.8. The molecular weight excluding hydrogens is 563 g/mol. The SMILES string of the molecule is Cc1cc(N)ccc1N.Cc1cc(N)ccc1N.Nc1ccc(N2CCCC2)s1.Nc1nnc(Cc2ccccc2)s1. The maximum absolute atomic E-state index is 5.64. The molecule has 0 aliphatic carbocycles. The molecule has 6 rings (SSSR count). The van der Waals surface area contributed by atoms with E-state index in [0.29, 0.717) is 5.13 Å². The molecule has 222 valence electrons. The molecule has 3 heterocycles. The minimum absolute atomic E-state index is 0.533. The van der Waals surface area contributed by atoms with Gasteiger partial charge in [0.1, 0.15) is 5.01 Å². The van der Waals surface area contributed by atoms with E-state index in [1.165, 1.54) is 47.8 Å². The molecule has 0 bridgehead atoms. The molecule has 1 fully saturated rings. The van der Waals surface area contributed by atoms with E-state index in [0.717, 1.165) is 50.3 Å². The Kier molecular flexibility index (Phi) is 12.3. The Bertz CT molecular complexity index is 1460. The molecule has 2 aromatic heterocycles. The number of aryl methyl sites for hydroxylation is 2. The van der Waals surface area contributed by atoms with Gasteiger partial charge in [0.25, 0.3) is 0 Å². The first-order valence-electron chi connectivity index (χ1n) is 13.6. The Morgan fingerprint density at radius 3 is 1.67 bits per heavy atom. The van der Waals surface area contributed by atoms with Crippen LogP contribution in [-0.4, -0.2) is 23.3 Å². The van der Waals surface area contributed by atoms with Gasteiger partial charge in [-0.2, -0.15) is 0 Å². The van der Waals surface area contributed by atoms with E-state index in [-0.39, 0.29) is 0 Å². The lowest BCUT2D eigenvalue weighted by atomic mass is 10.2. The molecule has 0 radical (unpaired) electrons. The van der Waals surface area contributed by atoms with Crippen molar-refractivity contribution in [3.8, 4) is 0 Å². The van der Waals surface area contributed by atoms with Crippen LogP contribution < -0.4 is 39.3 Å². The Morgan fingerprint density at radius 2 is 1.24 bits per heavy atom. The second-order valence-corrected chi connectivity index (χ2v) is 12.0. The molecule has 9 nitrogen and oxygen atoms in total. The summed E-state index contributed by atoms with van der Waals surface area (Å²) in [5.41, 5.74) is 39.6. The van der Waals surface area contributed by atoms with Gasteiger partial charge in [0, 0.05) is 42.3 Å². The molecule has 3 aromatic carbocycles. The highest BCUT2D eigenvalue weighted by Crippen LogP contribution is 2.29. The van der Waals surface area contributed by atoms with E-state index < -0.39 is 0 Å². The highest BCUT2D eigenvalue weighted by molar-refractivity contribution is 7.19. The Balaban J connectivity index is 0.000000156. The van der Waals surface area contributed by atoms with Gasteiger partial charge in [-0.3, -0.25) is 0 Å². The summed E-state index contributed by atoms with van der Waals surface area (Å²) >= 11 is 3.13. The van der Waals surface area contributed by atoms with Crippen LogP contribution >= 0.6 is 22.7 Å². The first kappa shape index (κ1) is 32.0. The minimum Gasteiger partial charge on any atom is -0.399 e. The zero-order valence-electron chi connectivity index (χ0n) is 24.2. The number of anilines is 7. The van der Waals surface area contributed by atoms with Crippen LogP contribution in [0.1, 0.15) is 34.5 Å². The van der Waals surface area contributed by atoms with Crippen LogP contribution in [0.2, 0.25) is 0 Å². The molecule has 0 spiro atoms. The van der Waals surface area contributed by atoms with Crippen molar-refractivity contribution in [3.05, 3.63) is 101 Å². The largest absolute Gasteiger partial charge is 0.399 e. The number of nitrogens with zero attached hydrogens (tertiary/aromatic N) is 3. The van der Waals surface area contributed by atoms with Gasteiger partial charge in [-0.15, -0.1) is 21.5 Å². The molecule has 1 aliphatic heterocycles. The molecule has 0 saturated carbocycles. The summed E-state index contributed by atoms with van der Waals surface area (Å²) in [6.45, 7) is 6.29. The molecule has 0 unspecified atom stereocenters. The lowest BCUT2D eigenvalue weighted by Crippen LogP contribution is -2.15. The topological polar surface area (TPSA) is 185 Å². The standard InChI is InChI=1S/C9H9N3S.C8H12N2S.2C7H10N2/c10-9-12-11-8(13-9)6-7-4-2-1-3-5-7;9-7-3-4-8(11-7)10-5-1-2-6-10;2*1-5-4-6(8)2-3-7(5)9/h1-5H,6H2,(H2,10,12);3-4H,1-2,5-6,9H2;2*2-4H,8-9H2,1H3. The third-order valence-electron chi connectivity index (χ3n) is 6.30. The smallest absolute Gasteiger partial charge is 0.203 e. The molecule has 0 atom stereocenters. The second-order valence-electron chi connectivity index (χ2n) is 9.80. The van der Waals surface area contributed by atoms with Crippen molar-refractivity contribution in [1.82, 2.24) is 10.2 Å². The second kappa shape index (κ2) is 16.1. The Labute approximate surface area is 256 Å². The predicted octanol–water partition coefficient (Wildman–Crippen LogP) is 5.96. The van der Waals surface area contributed by atoms with Crippen molar-refractivity contribution in [2.45, 2.75) is 33.1 Å². The predicted molar refractivity (Wildman–Crippen MR) is 184 cm³/mol. The number of aromatic nitrogens is 2. The molecule has 5 aromatic rings. The maximum atomic E-state index is 5.64. The lowest BCUT2D eigenvalue weighted by Gasteiger charge is -2.13. The van der Waals surface area contributed by atoms with E-state index in [2.05, 4.69) is 33.3 Å². The van der Waals surface area contributed by atoms with Crippen molar-refractivity contribution in [2.24, 2.45) is 0 Å². The molecular formula is C31H41N9S2. The van der Waals surface area contributed by atoms with Crippen molar-refractivity contribution >= 4 is 60.6 Å². The number of nitrogens with two attached hydrogens (primary N) is 6. The summed E-state index contributed by atoms with van der Waals surface area (Å²) < 4.78 is 0. The fraction of sp³-hybridized carbons (Fsp3) is 0.226. The highest BCUT2D eigenvalue weighted by atomic mass is 32.1. The van der Waals surface area contributed by atoms with Gasteiger partial charge in [-0.05, 0) is 91.9 Å². The highest BCUT2D eigenvalue weighted by Gasteiger charge is 2.13. The zero-order chi connectivity index (χ0) is 30.5. The lowest BCUT2D eigenvalue weighted by molar-refractivity contribution is 0.949. The fourth-order valence-electron chi connectivity index (χ4n) is 3.96. The van der Waals surface area contributed by atoms with Crippen molar-refractivity contribution in [2.75, 3.05) is 52.4 Å². The summed E-state index contributed by atoms with van der Waals surface area (Å²) in [4.78, 5) is 2.40. The van der Waals surface area contributed by atoms with E-state index in [4.69, 9.17) is 34.4 Å². The number of rotatable bonds is 3. The molecule has 1 saturated heterocycles. The van der Waals surface area contributed by atoms with Gasteiger partial charge in [-0.25, -0.2) is 0 Å². The minimum atomic E-state index is 0.533. The van der Waals surface area contributed by atoms with Crippen LogP contribution in [0.5, 0.6) is 0 Å². The van der Waals surface area contributed by atoms with Gasteiger partial charge < -0.3 is 39.3 Å². The third-order valence-corrected chi connectivity index (χ3v) is 8.03. The molecule has 11 heteroatoms. The van der Waals surface area contributed by atoms with E-state index >= 15 is 0 Å². The van der Waals surface area contributed by atoms with Crippen LogP contribution in [-0.2, 0) is 6.42 Å². The monoisotopic (exact) mass is 603 g/mol. The summed E-state index contributed by atoms with van der Waals surface area (Å²) in [6.07, 6.45) is 3.48. The number of thiophene rings is 1. The van der Waals surface area contributed by atoms with Gasteiger partial charge in [0.05, 0.1) is 10.0 Å². The van der Waals surface area contributed by atoms with Gasteiger partial charge in [-0.1, -0.05) is 41.7 Å². The Hall–Kier alpha value is -4.48. The molecule has 1 aliphatic rings. The molecule has 12 N–H and O–H groups in total. The van der Waals surface area contributed by atoms with E-state index in [9.17, 15) is 0 Å². The van der Waals surface area contributed by atoms with Crippen LogP contribution in [0.4, 0.5) is 37.9 Å². The van der Waals surface area contributed by atoms with Crippen LogP contribution in [0, 0.1) is 13.8 Å². The summed E-state index contributed by atoms with van der Waals surface area (Å²) in [6, 6.07) is 25.2. The quantitative estimate of drug-likeness (QED) is 0.135. The van der Waals surface area contributed by atoms with Crippen LogP contribution in [0.25, 0.3) is 0 Å². The van der Waals surface area contributed by atoms with Crippen molar-refractivity contribution < 1.29 is 0 Å². The van der Waals surface area contributed by atoms with Gasteiger partial charge in [0.2, 0.25) is 5.13 Å². The first-order valence-corrected chi connectivity index (χ1v) is 15.2. The summed E-state index contributed by atoms with van der Waals surface area (Å²) in [5, 5.41) is 11.5. The van der Waals surface area contributed by atoms with Crippen molar-refractivity contribution in [3.63, 3.8) is 0 Å². The average molecular weight is 604 g/mol. The van der Waals surface area contributed by atoms with E-state index in [1.807, 2.05) is 62.4 Å². The van der Waals surface area contributed by atoms with E-state index in [1.54, 1.807) is 23.5 Å². The van der Waals surface area contributed by atoms with Gasteiger partial charge in [0.15, 0.2) is 0 Å². The number of hydrogen-bond donors (Lipinski definition) is 6. The number of benzene rings is 3. The average Bonchev–Trinajstić information content (AvgIpc) is 3.74. The van der Waals surface area contributed by atoms with Crippen LogP contribution in [0.3, 0.4) is 0 Å². The molecule has 0 amide bonds. The summed E-state index contributed by atoms with van der Waals surface area (Å²) in [7, 11) is 0. The van der Waals surface area contributed by atoms with Crippen molar-refractivity contribution in [1.29, 1.82) is 0 Å². The zero-order valence-corrected chi connectivity index (χ0v) is 25.8. The van der Waals surface area contributed by atoms with Crippen LogP contribution in [0.15, 0.2) is 78.9 Å². The normalized spacial score (nSPS) is 11.8. The van der Waals surface area contributed by atoms with Gasteiger partial charge >= 0.3 is 0 Å². The molecule has 42 heavy (non-hydrogen) atoms. The maximum Gasteiger partial charge on any atom is 0.203 e.